The topological polar surface area (TPSA) is 68.3 Å². The molecule has 2 aromatic heterocycles. The second kappa shape index (κ2) is 10.3. The van der Waals surface area contributed by atoms with Crippen molar-refractivity contribution >= 4 is 39.1 Å². The number of nitrogens with zero attached hydrogens (tertiary/aromatic N) is 1. The Bertz CT molecular complexity index is 1540. The van der Waals surface area contributed by atoms with Crippen LogP contribution in [0.4, 0.5) is 5.00 Å². The van der Waals surface area contributed by atoms with E-state index in [4.69, 9.17) is 9.72 Å². The number of carbonyl (C=O) groups excluding carboxylic acids is 2. The van der Waals surface area contributed by atoms with Gasteiger partial charge in [-0.1, -0.05) is 69.7 Å². The molecule has 2 heterocycles. The van der Waals surface area contributed by atoms with Crippen LogP contribution in [-0.4, -0.2) is 24.0 Å². The van der Waals surface area contributed by atoms with E-state index in [0.717, 1.165) is 59.0 Å². The van der Waals surface area contributed by atoms with Crippen LogP contribution in [0.2, 0.25) is 0 Å². The van der Waals surface area contributed by atoms with Gasteiger partial charge in [0.1, 0.15) is 5.00 Å². The SMILES string of the molecule is CCC(C)(C)C1CCc2c(sc(NC(=O)c3cc(-c4ccccc4C)nc4ccccc34)c2C(=O)OC)C1. The van der Waals surface area contributed by atoms with Gasteiger partial charge in [0.15, 0.2) is 0 Å². The van der Waals surface area contributed by atoms with Crippen LogP contribution >= 0.6 is 11.3 Å². The number of nitrogens with one attached hydrogen (secondary N) is 1. The third kappa shape index (κ3) is 4.73. The van der Waals surface area contributed by atoms with Crippen molar-refractivity contribution in [2.24, 2.45) is 11.3 Å². The standard InChI is InChI=1S/C32H34N2O3S/c1-6-32(3,4)20-15-16-23-27(17-20)38-30(28(23)31(36)37-5)34-29(35)24-18-26(21-12-8-7-11-19(21)2)33-25-14-10-9-13-22(24)25/h7-14,18,20H,6,15-17H2,1-5H3,(H,34,35). The Morgan fingerprint density at radius 2 is 1.87 bits per heavy atom. The largest absolute Gasteiger partial charge is 0.465 e. The predicted molar refractivity (Wildman–Crippen MR) is 155 cm³/mol. The highest BCUT2D eigenvalue weighted by Gasteiger charge is 2.35. The number of aryl methyl sites for hydroxylation is 1. The van der Waals surface area contributed by atoms with Gasteiger partial charge in [-0.3, -0.25) is 4.79 Å². The quantitative estimate of drug-likeness (QED) is 0.260. The van der Waals surface area contributed by atoms with Crippen LogP contribution in [0, 0.1) is 18.3 Å². The Hall–Kier alpha value is -3.51. The van der Waals surface area contributed by atoms with Crippen molar-refractivity contribution in [1.82, 2.24) is 4.98 Å². The molecule has 1 amide bonds. The smallest absolute Gasteiger partial charge is 0.341 e. The molecule has 5 rings (SSSR count). The second-order valence-corrected chi connectivity index (χ2v) is 11.9. The molecule has 0 saturated heterocycles. The molecular weight excluding hydrogens is 492 g/mol. The summed E-state index contributed by atoms with van der Waals surface area (Å²) in [5.41, 5.74) is 5.85. The van der Waals surface area contributed by atoms with Crippen molar-refractivity contribution in [3.05, 3.63) is 81.7 Å². The van der Waals surface area contributed by atoms with Crippen molar-refractivity contribution in [2.75, 3.05) is 12.4 Å². The van der Waals surface area contributed by atoms with Crippen LogP contribution in [0.3, 0.4) is 0 Å². The monoisotopic (exact) mass is 526 g/mol. The van der Waals surface area contributed by atoms with Crippen molar-refractivity contribution in [1.29, 1.82) is 0 Å². The summed E-state index contributed by atoms with van der Waals surface area (Å²) >= 11 is 1.52. The predicted octanol–water partition coefficient (Wildman–Crippen LogP) is 7.85. The van der Waals surface area contributed by atoms with Crippen molar-refractivity contribution in [2.45, 2.75) is 53.4 Å². The minimum Gasteiger partial charge on any atom is -0.465 e. The highest BCUT2D eigenvalue weighted by atomic mass is 32.1. The summed E-state index contributed by atoms with van der Waals surface area (Å²) in [4.78, 5) is 32.8. The lowest BCUT2D eigenvalue weighted by Crippen LogP contribution is -2.28. The summed E-state index contributed by atoms with van der Waals surface area (Å²) in [5, 5.41) is 4.44. The number of hydrogen-bond donors (Lipinski definition) is 1. The van der Waals surface area contributed by atoms with Gasteiger partial charge >= 0.3 is 5.97 Å². The summed E-state index contributed by atoms with van der Waals surface area (Å²) < 4.78 is 5.17. The van der Waals surface area contributed by atoms with Crippen molar-refractivity contribution in [3.63, 3.8) is 0 Å². The minimum absolute atomic E-state index is 0.221. The summed E-state index contributed by atoms with van der Waals surface area (Å²) in [6.45, 7) is 8.92. The molecule has 0 spiro atoms. The van der Waals surface area contributed by atoms with E-state index in [0.29, 0.717) is 22.0 Å². The van der Waals surface area contributed by atoms with Gasteiger partial charge in [-0.15, -0.1) is 11.3 Å². The average molecular weight is 527 g/mol. The molecule has 0 fully saturated rings. The molecule has 1 N–H and O–H groups in total. The van der Waals surface area contributed by atoms with Gasteiger partial charge in [-0.2, -0.15) is 0 Å². The zero-order chi connectivity index (χ0) is 27.0. The maximum atomic E-state index is 13.9. The first kappa shape index (κ1) is 26.1. The summed E-state index contributed by atoms with van der Waals surface area (Å²) in [6.07, 6.45) is 3.85. The zero-order valence-corrected chi connectivity index (χ0v) is 23.5. The number of rotatable bonds is 6. The Balaban J connectivity index is 1.56. The number of methoxy groups -OCH3 is 1. The van der Waals surface area contributed by atoms with Crippen LogP contribution in [0.1, 0.15) is 70.3 Å². The third-order valence-corrected chi connectivity index (χ3v) is 9.45. The number of anilines is 1. The number of fused-ring (bicyclic) bond motifs is 2. The zero-order valence-electron chi connectivity index (χ0n) is 22.7. The van der Waals surface area contributed by atoms with E-state index in [2.05, 4.69) is 26.1 Å². The molecule has 4 aromatic rings. The van der Waals surface area contributed by atoms with Crippen LogP contribution in [0.5, 0.6) is 0 Å². The molecule has 1 aliphatic carbocycles. The first-order valence-electron chi connectivity index (χ1n) is 13.2. The molecular formula is C32H34N2O3S. The number of amides is 1. The van der Waals surface area contributed by atoms with Crippen molar-refractivity contribution in [3.8, 4) is 11.3 Å². The van der Waals surface area contributed by atoms with Gasteiger partial charge in [0.25, 0.3) is 5.91 Å². The normalized spacial score (nSPS) is 15.2. The molecule has 1 aliphatic rings. The molecule has 5 nitrogen and oxygen atoms in total. The molecule has 1 unspecified atom stereocenters. The Kier molecular flexibility index (Phi) is 7.10. The van der Waals surface area contributed by atoms with Crippen LogP contribution < -0.4 is 5.32 Å². The van der Waals surface area contributed by atoms with E-state index in [1.807, 2.05) is 61.5 Å². The first-order valence-corrected chi connectivity index (χ1v) is 14.0. The fourth-order valence-electron chi connectivity index (χ4n) is 5.48. The lowest BCUT2D eigenvalue weighted by atomic mass is 9.69. The minimum atomic E-state index is -0.397. The molecule has 0 saturated carbocycles. The number of hydrogen-bond acceptors (Lipinski definition) is 5. The second-order valence-electron chi connectivity index (χ2n) is 10.8. The Morgan fingerprint density at radius 1 is 1.13 bits per heavy atom. The number of thiophene rings is 1. The van der Waals surface area contributed by atoms with E-state index in [1.54, 1.807) is 0 Å². The van der Waals surface area contributed by atoms with E-state index >= 15 is 0 Å². The maximum absolute atomic E-state index is 13.9. The number of carbonyl (C=O) groups is 2. The third-order valence-electron chi connectivity index (χ3n) is 8.28. The van der Waals surface area contributed by atoms with Crippen molar-refractivity contribution < 1.29 is 14.3 Å². The van der Waals surface area contributed by atoms with Gasteiger partial charge in [0.05, 0.1) is 29.4 Å². The molecule has 0 aliphatic heterocycles. The summed E-state index contributed by atoms with van der Waals surface area (Å²) in [6, 6.07) is 17.6. The fraction of sp³-hybridized carbons (Fsp3) is 0.344. The number of ether oxygens (including phenoxy) is 1. The first-order chi connectivity index (χ1) is 18.2. The fourth-order valence-corrected chi connectivity index (χ4v) is 6.79. The highest BCUT2D eigenvalue weighted by molar-refractivity contribution is 7.17. The number of benzene rings is 2. The lowest BCUT2D eigenvalue weighted by Gasteiger charge is -2.36. The average Bonchev–Trinajstić information content (AvgIpc) is 3.29. The van der Waals surface area contributed by atoms with Gasteiger partial charge in [-0.25, -0.2) is 9.78 Å². The van der Waals surface area contributed by atoms with Gasteiger partial charge in [-0.05, 0) is 60.8 Å². The molecule has 1 atom stereocenters. The maximum Gasteiger partial charge on any atom is 0.341 e. The lowest BCUT2D eigenvalue weighted by molar-refractivity contribution is 0.0600. The molecule has 38 heavy (non-hydrogen) atoms. The molecule has 0 radical (unpaired) electrons. The Morgan fingerprint density at radius 3 is 2.61 bits per heavy atom. The molecule has 196 valence electrons. The van der Waals surface area contributed by atoms with Crippen LogP contribution in [0.15, 0.2) is 54.6 Å². The molecule has 2 aromatic carbocycles. The van der Waals surface area contributed by atoms with E-state index in [9.17, 15) is 9.59 Å². The molecule has 6 heteroatoms. The summed E-state index contributed by atoms with van der Waals surface area (Å²) in [5.74, 6) is -0.118. The van der Waals surface area contributed by atoms with E-state index in [-0.39, 0.29) is 11.3 Å². The Labute approximate surface area is 228 Å². The number of aromatic nitrogens is 1. The summed E-state index contributed by atoms with van der Waals surface area (Å²) in [7, 11) is 1.40. The van der Waals surface area contributed by atoms with Gasteiger partial charge < -0.3 is 10.1 Å². The van der Waals surface area contributed by atoms with E-state index in [1.165, 1.54) is 23.3 Å². The highest BCUT2D eigenvalue weighted by Crippen LogP contribution is 2.46. The van der Waals surface area contributed by atoms with E-state index < -0.39 is 5.97 Å². The number of para-hydroxylation sites is 1. The van der Waals surface area contributed by atoms with Crippen LogP contribution in [0.25, 0.3) is 22.2 Å². The number of pyridine rings is 1. The van der Waals surface area contributed by atoms with Crippen LogP contribution in [-0.2, 0) is 17.6 Å². The molecule has 0 bridgehead atoms. The number of esters is 1. The van der Waals surface area contributed by atoms with Gasteiger partial charge in [0.2, 0.25) is 0 Å². The van der Waals surface area contributed by atoms with Gasteiger partial charge in [0, 0.05) is 15.8 Å².